The van der Waals surface area contributed by atoms with Gasteiger partial charge in [0.2, 0.25) is 11.8 Å². The lowest BCUT2D eigenvalue weighted by Crippen LogP contribution is -2.17. The molecule has 0 fully saturated rings. The van der Waals surface area contributed by atoms with Gasteiger partial charge in [0.05, 0.1) is 0 Å². The third kappa shape index (κ3) is 5.04. The number of carbonyl (C=O) groups excluding carboxylic acids is 1. The summed E-state index contributed by atoms with van der Waals surface area (Å²) in [6, 6.07) is 16.8. The number of hydrogen-bond acceptors (Lipinski definition) is 6. The molecule has 0 aliphatic heterocycles. The van der Waals surface area contributed by atoms with Crippen molar-refractivity contribution in [1.29, 1.82) is 0 Å². The van der Waals surface area contributed by atoms with Gasteiger partial charge in [0.15, 0.2) is 0 Å². The van der Waals surface area contributed by atoms with Gasteiger partial charge in [-0.05, 0) is 59.3 Å². The highest BCUT2D eigenvalue weighted by Gasteiger charge is 2.31. The summed E-state index contributed by atoms with van der Waals surface area (Å²) < 4.78 is 46.3. The summed E-state index contributed by atoms with van der Waals surface area (Å²) in [5, 5.41) is 4.07. The average Bonchev–Trinajstić information content (AvgIpc) is 2.73. The Kier molecular flexibility index (Phi) is 5.50. The number of benzene rings is 3. The number of fused-ring (bicyclic) bond motifs is 1. The van der Waals surface area contributed by atoms with Gasteiger partial charge in [-0.15, -0.1) is 13.2 Å². The van der Waals surface area contributed by atoms with Crippen molar-refractivity contribution in [3.05, 3.63) is 78.5 Å². The number of nitrogen functional groups attached to an aromatic ring is 1. The van der Waals surface area contributed by atoms with E-state index in [0.717, 1.165) is 17.5 Å². The maximum Gasteiger partial charge on any atom is 0.573 e. The Balaban J connectivity index is 1.53. The van der Waals surface area contributed by atoms with E-state index < -0.39 is 12.3 Å². The lowest BCUT2D eigenvalue weighted by atomic mass is 10.0. The summed E-state index contributed by atoms with van der Waals surface area (Å²) in [5.41, 5.74) is 6.26. The van der Waals surface area contributed by atoms with E-state index in [1.165, 1.54) is 18.3 Å². The Morgan fingerprint density at radius 1 is 0.969 bits per heavy atom. The molecule has 1 heterocycles. The van der Waals surface area contributed by atoms with E-state index in [4.69, 9.17) is 10.5 Å². The minimum absolute atomic E-state index is 0.0836. The minimum Gasteiger partial charge on any atom is -0.439 e. The smallest absolute Gasteiger partial charge is 0.439 e. The lowest BCUT2D eigenvalue weighted by molar-refractivity contribution is -0.274. The highest BCUT2D eigenvalue weighted by atomic mass is 19.4. The zero-order valence-electron chi connectivity index (χ0n) is 16.3. The number of carbonyl (C=O) groups is 1. The van der Waals surface area contributed by atoms with Crippen molar-refractivity contribution in [3.8, 4) is 17.4 Å². The van der Waals surface area contributed by atoms with Gasteiger partial charge in [0, 0.05) is 23.5 Å². The fraction of sp³-hybridized carbons (Fsp3) is 0.0455. The normalized spacial score (nSPS) is 11.2. The average molecular weight is 440 g/mol. The van der Waals surface area contributed by atoms with Gasteiger partial charge >= 0.3 is 6.36 Å². The van der Waals surface area contributed by atoms with Gasteiger partial charge in [-0.2, -0.15) is 4.98 Å². The molecule has 10 heteroatoms. The minimum atomic E-state index is -4.78. The predicted molar refractivity (Wildman–Crippen MR) is 112 cm³/mol. The van der Waals surface area contributed by atoms with Crippen LogP contribution in [0.2, 0.25) is 0 Å². The lowest BCUT2D eigenvalue weighted by Gasteiger charge is -2.11. The standard InChI is InChI=1S/C22H15F3N4O3/c23-22(24,25)32-15-6-4-14(5-7-15)28-20(30)18-3-1-2-13-12-16(8-9-17(13)18)31-19-10-11-27-21(26)29-19/h1-12H,(H,28,30)(H2,26,27,29). The van der Waals surface area contributed by atoms with Crippen LogP contribution in [0, 0.1) is 0 Å². The van der Waals surface area contributed by atoms with Crippen LogP contribution in [0.15, 0.2) is 72.9 Å². The van der Waals surface area contributed by atoms with Crippen LogP contribution >= 0.6 is 0 Å². The first-order chi connectivity index (χ1) is 15.3. The summed E-state index contributed by atoms with van der Waals surface area (Å²) >= 11 is 0. The number of anilines is 2. The van der Waals surface area contributed by atoms with Crippen molar-refractivity contribution in [1.82, 2.24) is 9.97 Å². The van der Waals surface area contributed by atoms with Crippen LogP contribution in [0.5, 0.6) is 17.4 Å². The molecule has 7 nitrogen and oxygen atoms in total. The highest BCUT2D eigenvalue weighted by Crippen LogP contribution is 2.28. The first-order valence-electron chi connectivity index (χ1n) is 9.23. The first kappa shape index (κ1) is 20.9. The quantitative estimate of drug-likeness (QED) is 0.445. The molecular weight excluding hydrogens is 425 g/mol. The molecule has 0 aliphatic carbocycles. The Bertz CT molecular complexity index is 1280. The third-order valence-corrected chi connectivity index (χ3v) is 4.31. The Morgan fingerprint density at radius 3 is 2.44 bits per heavy atom. The molecule has 4 rings (SSSR count). The number of aromatic nitrogens is 2. The molecule has 1 amide bonds. The number of amides is 1. The summed E-state index contributed by atoms with van der Waals surface area (Å²) in [6.07, 6.45) is -3.31. The number of rotatable bonds is 5. The topological polar surface area (TPSA) is 99.4 Å². The van der Waals surface area contributed by atoms with Crippen molar-refractivity contribution >= 4 is 28.3 Å². The molecule has 0 radical (unpaired) electrons. The van der Waals surface area contributed by atoms with Gasteiger partial charge in [0.1, 0.15) is 11.5 Å². The first-order valence-corrected chi connectivity index (χ1v) is 9.23. The van der Waals surface area contributed by atoms with Gasteiger partial charge in [-0.25, -0.2) is 4.98 Å². The van der Waals surface area contributed by atoms with Gasteiger partial charge in [0.25, 0.3) is 5.91 Å². The largest absolute Gasteiger partial charge is 0.573 e. The van der Waals surface area contributed by atoms with Gasteiger partial charge in [-0.1, -0.05) is 12.1 Å². The molecule has 0 saturated carbocycles. The van der Waals surface area contributed by atoms with Crippen molar-refractivity contribution < 1.29 is 27.4 Å². The molecule has 3 N–H and O–H groups in total. The van der Waals surface area contributed by atoms with E-state index in [1.54, 1.807) is 36.4 Å². The molecular formula is C22H15F3N4O3. The molecule has 0 spiro atoms. The molecule has 0 bridgehead atoms. The fourth-order valence-electron chi connectivity index (χ4n) is 3.00. The van der Waals surface area contributed by atoms with Crippen LogP contribution in [0.4, 0.5) is 24.8 Å². The van der Waals surface area contributed by atoms with Crippen molar-refractivity contribution in [2.24, 2.45) is 0 Å². The van der Waals surface area contributed by atoms with E-state index in [-0.39, 0.29) is 17.6 Å². The number of halogens is 3. The molecule has 162 valence electrons. The summed E-state index contributed by atoms with van der Waals surface area (Å²) in [5.74, 6) is 0.0633. The number of nitrogens with two attached hydrogens (primary N) is 1. The van der Waals surface area contributed by atoms with Crippen molar-refractivity contribution in [2.45, 2.75) is 6.36 Å². The molecule has 3 aromatic carbocycles. The van der Waals surface area contributed by atoms with Crippen molar-refractivity contribution in [3.63, 3.8) is 0 Å². The molecule has 4 aromatic rings. The molecule has 0 atom stereocenters. The second kappa shape index (κ2) is 8.42. The van der Waals surface area contributed by atoms with Crippen LogP contribution in [0.25, 0.3) is 10.8 Å². The van der Waals surface area contributed by atoms with E-state index in [0.29, 0.717) is 22.4 Å². The Labute approximate surface area is 179 Å². The van der Waals surface area contributed by atoms with Gasteiger partial charge < -0.3 is 20.5 Å². The number of ether oxygens (including phenoxy) is 2. The molecule has 0 saturated heterocycles. The SMILES string of the molecule is Nc1nccc(Oc2ccc3c(C(=O)Nc4ccc(OC(F)(F)F)cc4)cccc3c2)n1. The molecule has 0 unspecified atom stereocenters. The van der Waals surface area contributed by atoms with Crippen molar-refractivity contribution in [2.75, 3.05) is 11.1 Å². The van der Waals surface area contributed by atoms with Crippen LogP contribution in [0.3, 0.4) is 0 Å². The van der Waals surface area contributed by atoms with E-state index in [9.17, 15) is 18.0 Å². The zero-order valence-corrected chi connectivity index (χ0v) is 16.3. The maximum absolute atomic E-state index is 12.8. The summed E-state index contributed by atoms with van der Waals surface area (Å²) in [4.78, 5) is 20.5. The van der Waals surface area contributed by atoms with Crippen LogP contribution < -0.4 is 20.5 Å². The second-order valence-electron chi connectivity index (χ2n) is 6.57. The van der Waals surface area contributed by atoms with Gasteiger partial charge in [-0.3, -0.25) is 4.79 Å². The Morgan fingerprint density at radius 2 is 1.72 bits per heavy atom. The number of nitrogens with one attached hydrogen (secondary N) is 1. The number of alkyl halides is 3. The van der Waals surface area contributed by atoms with Crippen LogP contribution in [-0.4, -0.2) is 22.2 Å². The van der Waals surface area contributed by atoms with E-state index in [1.807, 2.05) is 6.07 Å². The third-order valence-electron chi connectivity index (χ3n) is 4.31. The number of nitrogens with zero attached hydrogens (tertiary/aromatic N) is 2. The van der Waals surface area contributed by atoms with E-state index >= 15 is 0 Å². The fourth-order valence-corrected chi connectivity index (χ4v) is 3.00. The molecule has 1 aromatic heterocycles. The van der Waals surface area contributed by atoms with Crippen LogP contribution in [-0.2, 0) is 0 Å². The summed E-state index contributed by atoms with van der Waals surface area (Å²) in [7, 11) is 0. The molecule has 32 heavy (non-hydrogen) atoms. The monoisotopic (exact) mass is 440 g/mol. The Hall–Kier alpha value is -4.34. The predicted octanol–water partition coefficient (Wildman–Crippen LogP) is 5.16. The highest BCUT2D eigenvalue weighted by molar-refractivity contribution is 6.13. The zero-order chi connectivity index (χ0) is 22.7. The van der Waals surface area contributed by atoms with E-state index in [2.05, 4.69) is 20.0 Å². The molecule has 0 aliphatic rings. The maximum atomic E-state index is 12.8. The summed E-state index contributed by atoms with van der Waals surface area (Å²) in [6.45, 7) is 0. The van der Waals surface area contributed by atoms with Crippen LogP contribution in [0.1, 0.15) is 10.4 Å². The number of hydrogen-bond donors (Lipinski definition) is 2. The second-order valence-corrected chi connectivity index (χ2v) is 6.57.